The van der Waals surface area contributed by atoms with Crippen molar-refractivity contribution in [1.29, 1.82) is 0 Å². The standard InChI is InChI=1S/C21H27BrN2O6/c1-6-29-20(26)30-18-17(15-12-16(22)14(3)11-13(15)2)19(25)24(28-5)21(18)7-9-23(27-4)10-8-21/h11-12H,6-10H2,1-5H3. The van der Waals surface area contributed by atoms with Gasteiger partial charge in [-0.1, -0.05) is 22.0 Å². The molecule has 30 heavy (non-hydrogen) atoms. The SMILES string of the molecule is CCOC(=O)OC1=C(c2cc(Br)c(C)cc2C)C(=O)N(OC)C12CCN(OC)CC2. The molecule has 3 rings (SSSR count). The number of ether oxygens (including phenoxy) is 2. The Bertz CT molecular complexity index is 876. The van der Waals surface area contributed by atoms with E-state index in [2.05, 4.69) is 15.9 Å². The van der Waals surface area contributed by atoms with E-state index >= 15 is 0 Å². The molecule has 2 aliphatic rings. The normalized spacial score (nSPS) is 19.0. The fraction of sp³-hybridized carbons (Fsp3) is 0.524. The summed E-state index contributed by atoms with van der Waals surface area (Å²) in [6, 6.07) is 3.86. The molecule has 0 atom stereocenters. The highest BCUT2D eigenvalue weighted by Crippen LogP contribution is 2.48. The molecular formula is C21H27BrN2O6. The first kappa shape index (κ1) is 22.7. The summed E-state index contributed by atoms with van der Waals surface area (Å²) in [6.45, 7) is 6.86. The molecule has 0 radical (unpaired) electrons. The van der Waals surface area contributed by atoms with E-state index in [4.69, 9.17) is 19.1 Å². The van der Waals surface area contributed by atoms with Crippen LogP contribution < -0.4 is 0 Å². The maximum Gasteiger partial charge on any atom is 0.513 e. The van der Waals surface area contributed by atoms with Gasteiger partial charge in [0.25, 0.3) is 5.91 Å². The minimum absolute atomic E-state index is 0.170. The molecule has 0 saturated carbocycles. The number of amides is 1. The van der Waals surface area contributed by atoms with Crippen molar-refractivity contribution < 1.29 is 28.7 Å². The molecule has 1 aromatic carbocycles. The van der Waals surface area contributed by atoms with Gasteiger partial charge in [0.2, 0.25) is 0 Å². The molecule has 1 saturated heterocycles. The number of nitrogens with zero attached hydrogens (tertiary/aromatic N) is 2. The third-order valence-electron chi connectivity index (χ3n) is 5.65. The van der Waals surface area contributed by atoms with Crippen molar-refractivity contribution in [2.45, 2.75) is 39.2 Å². The molecule has 9 heteroatoms. The summed E-state index contributed by atoms with van der Waals surface area (Å²) in [4.78, 5) is 36.7. The number of benzene rings is 1. The molecule has 0 N–H and O–H groups in total. The van der Waals surface area contributed by atoms with E-state index < -0.39 is 11.7 Å². The van der Waals surface area contributed by atoms with E-state index in [9.17, 15) is 9.59 Å². The fourth-order valence-electron chi connectivity index (χ4n) is 4.15. The first-order valence-electron chi connectivity index (χ1n) is 9.83. The Balaban J connectivity index is 2.19. The molecule has 1 spiro atoms. The minimum atomic E-state index is -0.924. The molecule has 0 unspecified atom stereocenters. The highest BCUT2D eigenvalue weighted by molar-refractivity contribution is 9.10. The Labute approximate surface area is 184 Å². The molecule has 0 bridgehead atoms. The molecule has 2 heterocycles. The summed E-state index contributed by atoms with van der Waals surface area (Å²) >= 11 is 3.55. The van der Waals surface area contributed by atoms with Crippen LogP contribution in [0.3, 0.4) is 0 Å². The quantitative estimate of drug-likeness (QED) is 0.591. The Kier molecular flexibility index (Phi) is 6.86. The van der Waals surface area contributed by atoms with Crippen LogP contribution in [0.1, 0.15) is 36.5 Å². The average Bonchev–Trinajstić information content (AvgIpc) is 2.92. The van der Waals surface area contributed by atoms with Crippen molar-refractivity contribution in [3.8, 4) is 0 Å². The predicted octanol–water partition coefficient (Wildman–Crippen LogP) is 3.75. The summed E-state index contributed by atoms with van der Waals surface area (Å²) < 4.78 is 11.6. The van der Waals surface area contributed by atoms with Crippen LogP contribution in [0.15, 0.2) is 22.4 Å². The Hall–Kier alpha value is -1.94. The lowest BCUT2D eigenvalue weighted by Gasteiger charge is -2.42. The maximum atomic E-state index is 13.5. The van der Waals surface area contributed by atoms with Gasteiger partial charge in [0.1, 0.15) is 5.54 Å². The van der Waals surface area contributed by atoms with Gasteiger partial charge in [-0.15, -0.1) is 0 Å². The maximum absolute atomic E-state index is 13.5. The van der Waals surface area contributed by atoms with Crippen LogP contribution in [0, 0.1) is 13.8 Å². The first-order valence-corrected chi connectivity index (χ1v) is 10.6. The number of hydroxylamine groups is 4. The summed E-state index contributed by atoms with van der Waals surface area (Å²) in [5, 5.41) is 3.13. The van der Waals surface area contributed by atoms with Crippen molar-refractivity contribution >= 4 is 33.6 Å². The van der Waals surface area contributed by atoms with E-state index in [0.29, 0.717) is 37.1 Å². The van der Waals surface area contributed by atoms with E-state index in [1.165, 1.54) is 12.2 Å². The third kappa shape index (κ3) is 3.87. The second kappa shape index (κ2) is 9.05. The van der Waals surface area contributed by atoms with Crippen LogP contribution in [0.5, 0.6) is 0 Å². The van der Waals surface area contributed by atoms with Crippen LogP contribution in [-0.4, -0.2) is 61.6 Å². The minimum Gasteiger partial charge on any atom is -0.434 e. The number of piperidine rings is 1. The third-order valence-corrected chi connectivity index (χ3v) is 6.50. The van der Waals surface area contributed by atoms with Gasteiger partial charge in [-0.2, -0.15) is 5.06 Å². The van der Waals surface area contributed by atoms with Crippen LogP contribution >= 0.6 is 15.9 Å². The largest absolute Gasteiger partial charge is 0.513 e. The number of halogens is 1. The van der Waals surface area contributed by atoms with Crippen molar-refractivity contribution in [2.75, 3.05) is 33.9 Å². The Morgan fingerprint density at radius 2 is 1.80 bits per heavy atom. The monoisotopic (exact) mass is 482 g/mol. The van der Waals surface area contributed by atoms with Gasteiger partial charge in [-0.3, -0.25) is 9.63 Å². The van der Waals surface area contributed by atoms with Crippen molar-refractivity contribution in [3.05, 3.63) is 39.1 Å². The van der Waals surface area contributed by atoms with Crippen LogP contribution in [0.25, 0.3) is 5.57 Å². The average molecular weight is 483 g/mol. The first-order chi connectivity index (χ1) is 14.3. The molecule has 1 amide bonds. The second-order valence-corrected chi connectivity index (χ2v) is 8.19. The van der Waals surface area contributed by atoms with Crippen molar-refractivity contribution in [2.24, 2.45) is 0 Å². The van der Waals surface area contributed by atoms with Gasteiger partial charge in [0, 0.05) is 17.6 Å². The lowest BCUT2D eigenvalue weighted by atomic mass is 9.85. The molecule has 2 aliphatic heterocycles. The zero-order valence-electron chi connectivity index (χ0n) is 17.9. The van der Waals surface area contributed by atoms with Gasteiger partial charge >= 0.3 is 6.16 Å². The van der Waals surface area contributed by atoms with Crippen LogP contribution in [-0.2, 0) is 23.9 Å². The van der Waals surface area contributed by atoms with Gasteiger partial charge in [0.15, 0.2) is 5.76 Å². The summed E-state index contributed by atoms with van der Waals surface area (Å²) in [7, 11) is 3.06. The predicted molar refractivity (Wildman–Crippen MR) is 113 cm³/mol. The Morgan fingerprint density at radius 1 is 1.13 bits per heavy atom. The number of aryl methyl sites for hydroxylation is 2. The van der Waals surface area contributed by atoms with Gasteiger partial charge < -0.3 is 14.3 Å². The molecular weight excluding hydrogens is 456 g/mol. The van der Waals surface area contributed by atoms with Crippen LogP contribution in [0.4, 0.5) is 4.79 Å². The smallest absolute Gasteiger partial charge is 0.434 e. The van der Waals surface area contributed by atoms with E-state index in [-0.39, 0.29) is 18.3 Å². The van der Waals surface area contributed by atoms with Crippen molar-refractivity contribution in [3.63, 3.8) is 0 Å². The molecule has 1 aromatic rings. The highest BCUT2D eigenvalue weighted by atomic mass is 79.9. The molecule has 0 aliphatic carbocycles. The number of hydrogen-bond acceptors (Lipinski definition) is 7. The lowest BCUT2D eigenvalue weighted by Crippen LogP contribution is -2.55. The highest BCUT2D eigenvalue weighted by Gasteiger charge is 2.56. The van der Waals surface area contributed by atoms with E-state index in [0.717, 1.165) is 15.6 Å². The van der Waals surface area contributed by atoms with E-state index in [1.54, 1.807) is 19.1 Å². The Morgan fingerprint density at radius 3 is 2.37 bits per heavy atom. The van der Waals surface area contributed by atoms with Gasteiger partial charge in [-0.05, 0) is 56.4 Å². The van der Waals surface area contributed by atoms with Gasteiger partial charge in [-0.25, -0.2) is 9.86 Å². The topological polar surface area (TPSA) is 77.5 Å². The number of carbonyl (C=O) groups is 2. The summed E-state index contributed by atoms with van der Waals surface area (Å²) in [5.41, 5.74) is 2.01. The molecule has 8 nitrogen and oxygen atoms in total. The zero-order chi connectivity index (χ0) is 22.1. The fourth-order valence-corrected chi connectivity index (χ4v) is 4.50. The van der Waals surface area contributed by atoms with Crippen LogP contribution in [0.2, 0.25) is 0 Å². The number of rotatable bonds is 5. The number of carbonyl (C=O) groups excluding carboxylic acids is 2. The molecule has 164 valence electrons. The van der Waals surface area contributed by atoms with Gasteiger partial charge in [0.05, 0.1) is 26.4 Å². The summed E-state index contributed by atoms with van der Waals surface area (Å²) in [6.07, 6.45) is 0.114. The second-order valence-electron chi connectivity index (χ2n) is 7.33. The summed E-state index contributed by atoms with van der Waals surface area (Å²) in [5.74, 6) is -0.0797. The van der Waals surface area contributed by atoms with E-state index in [1.807, 2.05) is 26.0 Å². The number of hydrogen-bond donors (Lipinski definition) is 0. The van der Waals surface area contributed by atoms with Crippen molar-refractivity contribution in [1.82, 2.24) is 10.1 Å². The molecule has 0 aromatic heterocycles. The molecule has 1 fully saturated rings. The zero-order valence-corrected chi connectivity index (χ0v) is 19.5. The lowest BCUT2D eigenvalue weighted by molar-refractivity contribution is -0.221.